The smallest absolute Gasteiger partial charge is 0.228 e. The van der Waals surface area contributed by atoms with Gasteiger partial charge in [0.05, 0.1) is 30.6 Å². The minimum Gasteiger partial charge on any atom is -0.497 e. The molecule has 0 saturated carbocycles. The molecule has 1 heterocycles. The van der Waals surface area contributed by atoms with Crippen molar-refractivity contribution in [2.24, 2.45) is 0 Å². The number of aromatic nitrogens is 2. The first-order valence-electron chi connectivity index (χ1n) is 7.16. The van der Waals surface area contributed by atoms with Crippen molar-refractivity contribution >= 4 is 11.6 Å². The van der Waals surface area contributed by atoms with Gasteiger partial charge >= 0.3 is 0 Å². The van der Waals surface area contributed by atoms with Gasteiger partial charge < -0.3 is 10.1 Å². The zero-order valence-electron chi connectivity index (χ0n) is 12.7. The molecule has 2 aromatic rings. The van der Waals surface area contributed by atoms with E-state index in [1.807, 2.05) is 38.1 Å². The molecule has 112 valence electrons. The monoisotopic (exact) mass is 287 g/mol. The number of hydrogen-bond donors (Lipinski definition) is 2. The van der Waals surface area contributed by atoms with E-state index >= 15 is 0 Å². The highest BCUT2D eigenvalue weighted by Crippen LogP contribution is 2.20. The van der Waals surface area contributed by atoms with Crippen LogP contribution >= 0.6 is 0 Å². The van der Waals surface area contributed by atoms with Crippen molar-refractivity contribution in [3.05, 3.63) is 41.2 Å². The summed E-state index contributed by atoms with van der Waals surface area (Å²) >= 11 is 0. The molecule has 0 unspecified atom stereocenters. The highest BCUT2D eigenvalue weighted by molar-refractivity contribution is 5.93. The standard InChI is InChI=1S/C16H21N3O2/c1-4-13-16(14(5-2)19-18-13)17-15(20)10-11-7-6-8-12(9-11)21-3/h6-9H,4-5,10H2,1-3H3,(H,17,20)(H,18,19). The summed E-state index contributed by atoms with van der Waals surface area (Å²) in [6.07, 6.45) is 1.90. The Morgan fingerprint density at radius 3 is 2.81 bits per heavy atom. The highest BCUT2D eigenvalue weighted by atomic mass is 16.5. The number of anilines is 1. The quantitative estimate of drug-likeness (QED) is 0.858. The highest BCUT2D eigenvalue weighted by Gasteiger charge is 2.14. The molecule has 0 atom stereocenters. The molecule has 5 heteroatoms. The fourth-order valence-electron chi connectivity index (χ4n) is 2.23. The van der Waals surface area contributed by atoms with Gasteiger partial charge in [-0.3, -0.25) is 9.89 Å². The van der Waals surface area contributed by atoms with Gasteiger partial charge in [-0.15, -0.1) is 0 Å². The molecular formula is C16H21N3O2. The summed E-state index contributed by atoms with van der Waals surface area (Å²) < 4.78 is 5.17. The lowest BCUT2D eigenvalue weighted by atomic mass is 10.1. The number of benzene rings is 1. The van der Waals surface area contributed by atoms with Crippen LogP contribution in [0.25, 0.3) is 0 Å². The fraction of sp³-hybridized carbons (Fsp3) is 0.375. The van der Waals surface area contributed by atoms with Crippen LogP contribution in [0, 0.1) is 0 Å². The number of aromatic amines is 1. The summed E-state index contributed by atoms with van der Waals surface area (Å²) in [5.41, 5.74) is 3.61. The lowest BCUT2D eigenvalue weighted by molar-refractivity contribution is -0.115. The molecule has 2 N–H and O–H groups in total. The number of methoxy groups -OCH3 is 1. The fourth-order valence-corrected chi connectivity index (χ4v) is 2.23. The Hall–Kier alpha value is -2.30. The Morgan fingerprint density at radius 2 is 2.14 bits per heavy atom. The van der Waals surface area contributed by atoms with E-state index in [9.17, 15) is 4.79 Å². The van der Waals surface area contributed by atoms with Crippen LogP contribution in [0.15, 0.2) is 24.3 Å². The van der Waals surface area contributed by atoms with E-state index in [4.69, 9.17) is 4.74 Å². The second kappa shape index (κ2) is 6.92. The first-order valence-corrected chi connectivity index (χ1v) is 7.16. The molecule has 0 saturated heterocycles. The number of aryl methyl sites for hydroxylation is 2. The van der Waals surface area contributed by atoms with Crippen molar-refractivity contribution in [1.82, 2.24) is 10.2 Å². The zero-order valence-corrected chi connectivity index (χ0v) is 12.7. The van der Waals surface area contributed by atoms with Gasteiger partial charge in [-0.2, -0.15) is 5.10 Å². The Labute approximate surface area is 124 Å². The molecule has 0 aliphatic rings. The number of hydrogen-bond acceptors (Lipinski definition) is 3. The van der Waals surface area contributed by atoms with Crippen LogP contribution < -0.4 is 10.1 Å². The normalized spacial score (nSPS) is 10.4. The molecule has 2 rings (SSSR count). The first-order chi connectivity index (χ1) is 10.2. The number of carbonyl (C=O) groups is 1. The van der Waals surface area contributed by atoms with Crippen LogP contribution in [0.3, 0.4) is 0 Å². The van der Waals surface area contributed by atoms with Crippen LogP contribution in [-0.2, 0) is 24.1 Å². The molecule has 0 spiro atoms. The molecule has 1 aromatic heterocycles. The summed E-state index contributed by atoms with van der Waals surface area (Å²) in [7, 11) is 1.62. The van der Waals surface area contributed by atoms with E-state index in [1.54, 1.807) is 7.11 Å². The van der Waals surface area contributed by atoms with Gasteiger partial charge in [-0.25, -0.2) is 0 Å². The number of nitrogens with zero attached hydrogens (tertiary/aromatic N) is 1. The molecule has 1 amide bonds. The Balaban J connectivity index is 2.09. The zero-order chi connectivity index (χ0) is 15.2. The van der Waals surface area contributed by atoms with Gasteiger partial charge in [-0.05, 0) is 30.5 Å². The van der Waals surface area contributed by atoms with Crippen molar-refractivity contribution in [2.45, 2.75) is 33.1 Å². The minimum absolute atomic E-state index is 0.0472. The summed E-state index contributed by atoms with van der Waals surface area (Å²) in [6, 6.07) is 7.53. The van der Waals surface area contributed by atoms with Crippen molar-refractivity contribution in [1.29, 1.82) is 0 Å². The van der Waals surface area contributed by atoms with Gasteiger partial charge in [0.1, 0.15) is 5.75 Å². The Morgan fingerprint density at radius 1 is 1.33 bits per heavy atom. The van der Waals surface area contributed by atoms with Gasteiger partial charge in [0.2, 0.25) is 5.91 Å². The van der Waals surface area contributed by atoms with E-state index in [0.29, 0.717) is 6.42 Å². The third kappa shape index (κ3) is 3.62. The van der Waals surface area contributed by atoms with E-state index in [2.05, 4.69) is 15.5 Å². The summed E-state index contributed by atoms with van der Waals surface area (Å²) in [6.45, 7) is 4.05. The average molecular weight is 287 g/mol. The number of nitrogens with one attached hydrogen (secondary N) is 2. The lowest BCUT2D eigenvalue weighted by Gasteiger charge is -2.08. The van der Waals surface area contributed by atoms with Crippen molar-refractivity contribution in [3.8, 4) is 5.75 Å². The van der Waals surface area contributed by atoms with E-state index < -0.39 is 0 Å². The number of H-pyrrole nitrogens is 1. The number of ether oxygens (including phenoxy) is 1. The number of rotatable bonds is 6. The number of carbonyl (C=O) groups excluding carboxylic acids is 1. The van der Waals surface area contributed by atoms with Gasteiger partial charge in [0, 0.05) is 0 Å². The van der Waals surface area contributed by atoms with Crippen LogP contribution in [-0.4, -0.2) is 23.2 Å². The van der Waals surface area contributed by atoms with E-state index in [-0.39, 0.29) is 5.91 Å². The topological polar surface area (TPSA) is 67.0 Å². The summed E-state index contributed by atoms with van der Waals surface area (Å²) in [5.74, 6) is 0.709. The molecule has 21 heavy (non-hydrogen) atoms. The first kappa shape index (κ1) is 15.1. The van der Waals surface area contributed by atoms with Crippen LogP contribution in [0.1, 0.15) is 30.8 Å². The molecule has 0 radical (unpaired) electrons. The van der Waals surface area contributed by atoms with Crippen molar-refractivity contribution in [2.75, 3.05) is 12.4 Å². The van der Waals surface area contributed by atoms with Gasteiger partial charge in [0.25, 0.3) is 0 Å². The summed E-state index contributed by atoms with van der Waals surface area (Å²) in [5, 5.41) is 10.2. The second-order valence-electron chi connectivity index (χ2n) is 4.81. The Kier molecular flexibility index (Phi) is 4.98. The van der Waals surface area contributed by atoms with Gasteiger partial charge in [0.15, 0.2) is 0 Å². The van der Waals surface area contributed by atoms with E-state index in [1.165, 1.54) is 0 Å². The number of amides is 1. The maximum Gasteiger partial charge on any atom is 0.228 e. The summed E-state index contributed by atoms with van der Waals surface area (Å²) in [4.78, 5) is 12.2. The molecule has 1 aromatic carbocycles. The SMILES string of the molecule is CCc1n[nH]c(CC)c1NC(=O)Cc1cccc(OC)c1. The predicted octanol–water partition coefficient (Wildman–Crippen LogP) is 2.72. The third-order valence-corrected chi connectivity index (χ3v) is 3.37. The lowest BCUT2D eigenvalue weighted by Crippen LogP contribution is -2.16. The molecule has 5 nitrogen and oxygen atoms in total. The third-order valence-electron chi connectivity index (χ3n) is 3.37. The second-order valence-corrected chi connectivity index (χ2v) is 4.81. The predicted molar refractivity (Wildman–Crippen MR) is 82.7 cm³/mol. The molecule has 0 aliphatic carbocycles. The maximum absolute atomic E-state index is 12.2. The minimum atomic E-state index is -0.0472. The van der Waals surface area contributed by atoms with Crippen LogP contribution in [0.2, 0.25) is 0 Å². The van der Waals surface area contributed by atoms with E-state index in [0.717, 1.165) is 41.2 Å². The molecule has 0 aliphatic heterocycles. The van der Waals surface area contributed by atoms with Gasteiger partial charge in [-0.1, -0.05) is 26.0 Å². The van der Waals surface area contributed by atoms with Crippen molar-refractivity contribution in [3.63, 3.8) is 0 Å². The molecule has 0 fully saturated rings. The Bertz CT molecular complexity index is 598. The van der Waals surface area contributed by atoms with Crippen LogP contribution in [0.4, 0.5) is 5.69 Å². The van der Waals surface area contributed by atoms with Crippen LogP contribution in [0.5, 0.6) is 5.75 Å². The average Bonchev–Trinajstić information content (AvgIpc) is 2.89. The maximum atomic E-state index is 12.2. The molecule has 0 bridgehead atoms. The largest absolute Gasteiger partial charge is 0.497 e. The van der Waals surface area contributed by atoms with Crippen molar-refractivity contribution < 1.29 is 9.53 Å². The molecular weight excluding hydrogens is 266 g/mol.